The summed E-state index contributed by atoms with van der Waals surface area (Å²) < 4.78 is 1.34. The fraction of sp³-hybridized carbons (Fsp3) is 0.429. The van der Waals surface area contributed by atoms with Gasteiger partial charge >= 0.3 is 5.97 Å². The second-order valence-corrected chi connectivity index (χ2v) is 2.75. The average Bonchev–Trinajstić information content (AvgIpc) is 2.43. The van der Waals surface area contributed by atoms with E-state index in [2.05, 4.69) is 10.3 Å². The number of nitrogens with two attached hydrogens (primary N) is 1. The number of carboxylic acid groups (broad SMARTS) is 1. The van der Waals surface area contributed by atoms with Crippen molar-refractivity contribution in [1.82, 2.24) is 15.0 Å². The second-order valence-electron chi connectivity index (χ2n) is 2.75. The lowest BCUT2D eigenvalue weighted by molar-refractivity contribution is -0.137. The van der Waals surface area contributed by atoms with E-state index in [1.54, 1.807) is 6.92 Å². The topological polar surface area (TPSA) is 111 Å². The van der Waals surface area contributed by atoms with Crippen LogP contribution in [0.4, 0.5) is 0 Å². The van der Waals surface area contributed by atoms with Crippen LogP contribution in [-0.2, 0) is 11.3 Å². The Morgan fingerprint density at radius 1 is 1.57 bits per heavy atom. The van der Waals surface area contributed by atoms with Crippen molar-refractivity contribution >= 4 is 11.9 Å². The fourth-order valence-electron chi connectivity index (χ4n) is 1.00. The lowest BCUT2D eigenvalue weighted by Crippen LogP contribution is -2.14. The van der Waals surface area contributed by atoms with Crippen molar-refractivity contribution in [3.05, 3.63) is 11.4 Å². The summed E-state index contributed by atoms with van der Waals surface area (Å²) in [7, 11) is 0. The maximum Gasteiger partial charge on any atom is 0.305 e. The molecule has 0 radical (unpaired) electrons. The van der Waals surface area contributed by atoms with Crippen LogP contribution in [0, 0.1) is 6.92 Å². The molecule has 0 spiro atoms. The zero-order valence-corrected chi connectivity index (χ0v) is 7.60. The maximum absolute atomic E-state index is 10.8. The molecule has 0 aliphatic carbocycles. The van der Waals surface area contributed by atoms with Crippen molar-refractivity contribution in [3.63, 3.8) is 0 Å². The van der Waals surface area contributed by atoms with Gasteiger partial charge in [0.25, 0.3) is 5.91 Å². The lowest BCUT2D eigenvalue weighted by atomic mass is 10.3. The summed E-state index contributed by atoms with van der Waals surface area (Å²) >= 11 is 0. The molecule has 0 atom stereocenters. The van der Waals surface area contributed by atoms with Crippen LogP contribution in [0.1, 0.15) is 22.6 Å². The predicted octanol–water partition coefficient (Wildman–Crippen LogP) is -0.840. The summed E-state index contributed by atoms with van der Waals surface area (Å²) in [6, 6.07) is 0. The van der Waals surface area contributed by atoms with Crippen LogP contribution in [0.25, 0.3) is 0 Å². The molecular weight excluding hydrogens is 188 g/mol. The van der Waals surface area contributed by atoms with E-state index in [-0.39, 0.29) is 18.7 Å². The van der Waals surface area contributed by atoms with Crippen LogP contribution in [0.5, 0.6) is 0 Å². The molecule has 0 saturated heterocycles. The van der Waals surface area contributed by atoms with Gasteiger partial charge in [-0.25, -0.2) is 4.68 Å². The summed E-state index contributed by atoms with van der Waals surface area (Å²) in [5, 5.41) is 15.6. The van der Waals surface area contributed by atoms with Crippen molar-refractivity contribution in [1.29, 1.82) is 0 Å². The summed E-state index contributed by atoms with van der Waals surface area (Å²) in [5.41, 5.74) is 5.58. The van der Waals surface area contributed by atoms with E-state index >= 15 is 0 Å². The number of nitrogens with zero attached hydrogens (tertiary/aromatic N) is 3. The number of primary amides is 1. The van der Waals surface area contributed by atoms with Crippen LogP contribution in [0.3, 0.4) is 0 Å². The Hall–Kier alpha value is -1.92. The van der Waals surface area contributed by atoms with Crippen molar-refractivity contribution in [2.24, 2.45) is 5.73 Å². The molecule has 0 fully saturated rings. The highest BCUT2D eigenvalue weighted by atomic mass is 16.4. The maximum atomic E-state index is 10.8. The van der Waals surface area contributed by atoms with Gasteiger partial charge in [0.1, 0.15) is 0 Å². The van der Waals surface area contributed by atoms with E-state index in [9.17, 15) is 9.59 Å². The number of carbonyl (C=O) groups excluding carboxylic acids is 1. The molecule has 14 heavy (non-hydrogen) atoms. The van der Waals surface area contributed by atoms with E-state index in [4.69, 9.17) is 10.8 Å². The molecule has 76 valence electrons. The van der Waals surface area contributed by atoms with Crippen molar-refractivity contribution < 1.29 is 14.7 Å². The van der Waals surface area contributed by atoms with E-state index in [0.717, 1.165) is 0 Å². The number of amides is 1. The Morgan fingerprint density at radius 2 is 2.21 bits per heavy atom. The van der Waals surface area contributed by atoms with Gasteiger partial charge in [-0.2, -0.15) is 0 Å². The largest absolute Gasteiger partial charge is 0.481 e. The summed E-state index contributed by atoms with van der Waals surface area (Å²) in [6.45, 7) is 1.80. The summed E-state index contributed by atoms with van der Waals surface area (Å²) in [4.78, 5) is 21.0. The Kier molecular flexibility index (Phi) is 2.80. The van der Waals surface area contributed by atoms with Crippen LogP contribution < -0.4 is 5.73 Å². The van der Waals surface area contributed by atoms with Crippen molar-refractivity contribution in [2.45, 2.75) is 19.9 Å². The Bertz CT molecular complexity index is 371. The number of aromatic nitrogens is 3. The molecule has 7 nitrogen and oxygen atoms in total. The van der Waals surface area contributed by atoms with E-state index in [1.807, 2.05) is 0 Å². The molecule has 0 unspecified atom stereocenters. The average molecular weight is 198 g/mol. The zero-order chi connectivity index (χ0) is 10.7. The minimum atomic E-state index is -0.930. The predicted molar refractivity (Wildman–Crippen MR) is 45.5 cm³/mol. The van der Waals surface area contributed by atoms with Gasteiger partial charge in [-0.05, 0) is 6.92 Å². The Balaban J connectivity index is 2.79. The molecule has 0 aliphatic rings. The third-order valence-electron chi connectivity index (χ3n) is 1.75. The van der Waals surface area contributed by atoms with E-state index in [0.29, 0.717) is 5.69 Å². The molecule has 0 aliphatic heterocycles. The number of rotatable bonds is 4. The minimum Gasteiger partial charge on any atom is -0.481 e. The van der Waals surface area contributed by atoms with Gasteiger partial charge in [-0.1, -0.05) is 5.21 Å². The highest BCUT2D eigenvalue weighted by Crippen LogP contribution is 2.03. The van der Waals surface area contributed by atoms with Gasteiger partial charge in [0, 0.05) is 0 Å². The van der Waals surface area contributed by atoms with Gasteiger partial charge in [0.15, 0.2) is 5.69 Å². The quantitative estimate of drug-likeness (QED) is 0.655. The number of aliphatic carboxylic acids is 1. The molecule has 0 aromatic carbocycles. The van der Waals surface area contributed by atoms with Crippen LogP contribution in [0.2, 0.25) is 0 Å². The summed E-state index contributed by atoms with van der Waals surface area (Å²) in [6.07, 6.45) is -0.0671. The molecule has 1 rings (SSSR count). The summed E-state index contributed by atoms with van der Waals surface area (Å²) in [5.74, 6) is -1.59. The first-order valence-corrected chi connectivity index (χ1v) is 3.94. The van der Waals surface area contributed by atoms with Crippen molar-refractivity contribution in [2.75, 3.05) is 0 Å². The monoisotopic (exact) mass is 198 g/mol. The molecule has 7 heteroatoms. The van der Waals surface area contributed by atoms with Gasteiger partial charge in [0.2, 0.25) is 0 Å². The Morgan fingerprint density at radius 3 is 2.64 bits per heavy atom. The molecule has 3 N–H and O–H groups in total. The first kappa shape index (κ1) is 10.2. The SMILES string of the molecule is Cc1c(C(N)=O)nnn1CCC(=O)O. The minimum absolute atomic E-state index is 0.0671. The molecule has 1 heterocycles. The van der Waals surface area contributed by atoms with Crippen LogP contribution in [-0.4, -0.2) is 32.0 Å². The third-order valence-corrected chi connectivity index (χ3v) is 1.75. The van der Waals surface area contributed by atoms with Gasteiger partial charge in [0.05, 0.1) is 18.7 Å². The first-order chi connectivity index (χ1) is 6.52. The third kappa shape index (κ3) is 2.06. The normalized spacial score (nSPS) is 10.1. The molecule has 1 amide bonds. The smallest absolute Gasteiger partial charge is 0.305 e. The van der Waals surface area contributed by atoms with Crippen LogP contribution >= 0.6 is 0 Å². The Labute approximate surface area is 79.5 Å². The number of hydrogen-bond acceptors (Lipinski definition) is 4. The highest BCUT2D eigenvalue weighted by molar-refractivity contribution is 5.91. The van der Waals surface area contributed by atoms with Crippen molar-refractivity contribution in [3.8, 4) is 0 Å². The number of aryl methyl sites for hydroxylation is 1. The second kappa shape index (κ2) is 3.86. The molecule has 0 saturated carbocycles. The van der Waals surface area contributed by atoms with Crippen LogP contribution in [0.15, 0.2) is 0 Å². The lowest BCUT2D eigenvalue weighted by Gasteiger charge is -1.99. The van der Waals surface area contributed by atoms with Gasteiger partial charge in [-0.3, -0.25) is 9.59 Å². The molecule has 1 aromatic heterocycles. The van der Waals surface area contributed by atoms with E-state index in [1.165, 1.54) is 4.68 Å². The first-order valence-electron chi connectivity index (χ1n) is 3.94. The fourth-order valence-corrected chi connectivity index (χ4v) is 1.00. The molecule has 1 aromatic rings. The molecular formula is C7H10N4O3. The standard InChI is InChI=1S/C7H10N4O3/c1-4-6(7(8)14)9-10-11(4)3-2-5(12)13/h2-3H2,1H3,(H2,8,14)(H,12,13). The van der Waals surface area contributed by atoms with Gasteiger partial charge in [-0.15, -0.1) is 5.10 Å². The zero-order valence-electron chi connectivity index (χ0n) is 7.60. The van der Waals surface area contributed by atoms with E-state index < -0.39 is 11.9 Å². The van der Waals surface area contributed by atoms with Gasteiger partial charge < -0.3 is 10.8 Å². The molecule has 0 bridgehead atoms. The highest BCUT2D eigenvalue weighted by Gasteiger charge is 2.13. The number of carbonyl (C=O) groups is 2. The number of hydrogen-bond donors (Lipinski definition) is 2. The number of carboxylic acids is 1.